The Morgan fingerprint density at radius 2 is 2.23 bits per heavy atom. The van der Waals surface area contributed by atoms with Crippen LogP contribution in [0.15, 0.2) is 18.2 Å². The molecule has 0 aliphatic heterocycles. The number of nitrogens with zero attached hydrogens (tertiary/aromatic N) is 1. The van der Waals surface area contributed by atoms with Crippen molar-refractivity contribution in [1.29, 1.82) is 0 Å². The fraction of sp³-hybridized carbons (Fsp3) is 0.222. The number of imidazole rings is 1. The highest BCUT2D eigenvalue weighted by Crippen LogP contribution is 2.17. The van der Waals surface area contributed by atoms with E-state index >= 15 is 0 Å². The molecule has 13 heavy (non-hydrogen) atoms. The predicted octanol–water partition coefficient (Wildman–Crippen LogP) is 0.646. The van der Waals surface area contributed by atoms with Crippen LogP contribution in [-0.4, -0.2) is 16.5 Å². The Hall–Kier alpha value is -1.55. The number of fused-ring (bicyclic) bond motifs is 1. The molecule has 5 N–H and O–H groups in total. The summed E-state index contributed by atoms with van der Waals surface area (Å²) in [5, 5.41) is 0. The monoisotopic (exact) mass is 176 g/mol. The summed E-state index contributed by atoms with van der Waals surface area (Å²) in [7, 11) is 0. The Morgan fingerprint density at radius 1 is 1.38 bits per heavy atom. The molecule has 2 rings (SSSR count). The van der Waals surface area contributed by atoms with Crippen molar-refractivity contribution in [1.82, 2.24) is 9.97 Å². The van der Waals surface area contributed by atoms with Gasteiger partial charge in [0.25, 0.3) is 0 Å². The summed E-state index contributed by atoms with van der Waals surface area (Å²) in [5.41, 5.74) is 13.7. The zero-order valence-corrected chi connectivity index (χ0v) is 7.25. The van der Waals surface area contributed by atoms with Crippen molar-refractivity contribution in [2.75, 3.05) is 12.3 Å². The van der Waals surface area contributed by atoms with E-state index in [9.17, 15) is 0 Å². The molecule has 0 radical (unpaired) electrons. The fourth-order valence-electron chi connectivity index (χ4n) is 1.36. The molecule has 0 unspecified atom stereocenters. The number of hydrogen-bond donors (Lipinski definition) is 3. The van der Waals surface area contributed by atoms with E-state index in [0.717, 1.165) is 23.3 Å². The molecule has 0 aliphatic carbocycles. The summed E-state index contributed by atoms with van der Waals surface area (Å²) in [4.78, 5) is 7.51. The van der Waals surface area contributed by atoms with Gasteiger partial charge in [-0.15, -0.1) is 0 Å². The number of benzene rings is 1. The molecule has 0 bridgehead atoms. The lowest BCUT2D eigenvalue weighted by atomic mass is 10.3. The fourth-order valence-corrected chi connectivity index (χ4v) is 1.36. The average Bonchev–Trinajstić information content (AvgIpc) is 2.49. The average molecular weight is 176 g/mol. The van der Waals surface area contributed by atoms with E-state index in [1.807, 2.05) is 18.2 Å². The van der Waals surface area contributed by atoms with Crippen LogP contribution in [-0.2, 0) is 6.42 Å². The van der Waals surface area contributed by atoms with Crippen LogP contribution in [0.25, 0.3) is 11.0 Å². The van der Waals surface area contributed by atoms with Crippen LogP contribution in [0, 0.1) is 0 Å². The van der Waals surface area contributed by atoms with Gasteiger partial charge in [-0.25, -0.2) is 4.98 Å². The summed E-state index contributed by atoms with van der Waals surface area (Å²) in [6, 6.07) is 5.70. The second kappa shape index (κ2) is 3.06. The largest absolute Gasteiger partial charge is 0.397 e. The first-order valence-corrected chi connectivity index (χ1v) is 4.24. The van der Waals surface area contributed by atoms with Gasteiger partial charge >= 0.3 is 0 Å². The summed E-state index contributed by atoms with van der Waals surface area (Å²) < 4.78 is 0. The third kappa shape index (κ3) is 1.36. The molecular weight excluding hydrogens is 164 g/mol. The van der Waals surface area contributed by atoms with Crippen molar-refractivity contribution < 1.29 is 0 Å². The molecule has 4 nitrogen and oxygen atoms in total. The summed E-state index contributed by atoms with van der Waals surface area (Å²) >= 11 is 0. The SMILES string of the molecule is NCCc1nc2c(N)cccc2[nH]1. The lowest BCUT2D eigenvalue weighted by Gasteiger charge is -1.90. The third-order valence-electron chi connectivity index (χ3n) is 1.97. The van der Waals surface area contributed by atoms with Crippen LogP contribution in [0.4, 0.5) is 5.69 Å². The molecule has 0 saturated carbocycles. The van der Waals surface area contributed by atoms with Gasteiger partial charge in [-0.05, 0) is 18.7 Å². The summed E-state index contributed by atoms with van der Waals surface area (Å²) in [5.74, 6) is 0.899. The van der Waals surface area contributed by atoms with Crippen LogP contribution < -0.4 is 11.5 Å². The maximum atomic E-state index is 5.75. The lowest BCUT2D eigenvalue weighted by molar-refractivity contribution is 0.900. The number of rotatable bonds is 2. The minimum Gasteiger partial charge on any atom is -0.397 e. The van der Waals surface area contributed by atoms with Gasteiger partial charge in [-0.2, -0.15) is 0 Å². The van der Waals surface area contributed by atoms with Crippen LogP contribution in [0.3, 0.4) is 0 Å². The quantitative estimate of drug-likeness (QED) is 0.587. The Bertz CT molecular complexity index is 418. The van der Waals surface area contributed by atoms with E-state index in [1.165, 1.54) is 0 Å². The number of anilines is 1. The van der Waals surface area contributed by atoms with Gasteiger partial charge in [0, 0.05) is 6.42 Å². The first-order valence-electron chi connectivity index (χ1n) is 4.24. The minimum atomic E-state index is 0.597. The number of aromatic nitrogens is 2. The van der Waals surface area contributed by atoms with E-state index < -0.39 is 0 Å². The highest BCUT2D eigenvalue weighted by molar-refractivity contribution is 5.86. The number of nitrogens with one attached hydrogen (secondary N) is 1. The third-order valence-corrected chi connectivity index (χ3v) is 1.97. The van der Waals surface area contributed by atoms with Crippen molar-refractivity contribution in [2.45, 2.75) is 6.42 Å². The highest BCUT2D eigenvalue weighted by atomic mass is 14.9. The molecule has 1 heterocycles. The topological polar surface area (TPSA) is 80.7 Å². The van der Waals surface area contributed by atoms with Crippen molar-refractivity contribution >= 4 is 16.7 Å². The molecule has 1 aromatic heterocycles. The van der Waals surface area contributed by atoms with Gasteiger partial charge in [0.15, 0.2) is 0 Å². The Labute approximate surface area is 76.0 Å². The van der Waals surface area contributed by atoms with Gasteiger partial charge in [0.1, 0.15) is 11.3 Å². The number of nitrogens with two attached hydrogens (primary N) is 2. The summed E-state index contributed by atoms with van der Waals surface area (Å²) in [6.45, 7) is 0.597. The summed E-state index contributed by atoms with van der Waals surface area (Å²) in [6.07, 6.45) is 0.758. The second-order valence-corrected chi connectivity index (χ2v) is 2.97. The molecule has 1 aromatic carbocycles. The van der Waals surface area contributed by atoms with Crippen molar-refractivity contribution in [3.05, 3.63) is 24.0 Å². The normalized spacial score (nSPS) is 10.8. The van der Waals surface area contributed by atoms with E-state index in [1.54, 1.807) is 0 Å². The molecule has 0 amide bonds. The Morgan fingerprint density at radius 3 is 2.92 bits per heavy atom. The maximum absolute atomic E-state index is 5.75. The molecule has 68 valence electrons. The van der Waals surface area contributed by atoms with Crippen molar-refractivity contribution in [3.8, 4) is 0 Å². The number of aromatic amines is 1. The zero-order chi connectivity index (χ0) is 9.26. The number of nitrogen functional groups attached to an aromatic ring is 1. The molecule has 2 aromatic rings. The van der Waals surface area contributed by atoms with Gasteiger partial charge in [-0.3, -0.25) is 0 Å². The van der Waals surface area contributed by atoms with Crippen molar-refractivity contribution in [2.24, 2.45) is 5.73 Å². The number of para-hydroxylation sites is 1. The Balaban J connectivity index is 2.55. The van der Waals surface area contributed by atoms with Crippen molar-refractivity contribution in [3.63, 3.8) is 0 Å². The molecule has 0 aliphatic rings. The standard InChI is InChI=1S/C9H12N4/c10-5-4-8-12-7-3-1-2-6(11)9(7)13-8/h1-3H,4-5,10-11H2,(H,12,13). The molecule has 0 fully saturated rings. The first kappa shape index (κ1) is 8.07. The minimum absolute atomic E-state index is 0.597. The van der Waals surface area contributed by atoms with Gasteiger partial charge in [0.2, 0.25) is 0 Å². The molecule has 4 heteroatoms. The van der Waals surface area contributed by atoms with Crippen LogP contribution in [0.5, 0.6) is 0 Å². The predicted molar refractivity (Wildman–Crippen MR) is 53.3 cm³/mol. The first-order chi connectivity index (χ1) is 6.31. The number of hydrogen-bond acceptors (Lipinski definition) is 3. The van der Waals surface area contributed by atoms with Gasteiger partial charge < -0.3 is 16.5 Å². The van der Waals surface area contributed by atoms with E-state index in [4.69, 9.17) is 11.5 Å². The maximum Gasteiger partial charge on any atom is 0.111 e. The lowest BCUT2D eigenvalue weighted by Crippen LogP contribution is -2.03. The van der Waals surface area contributed by atoms with Crippen LogP contribution >= 0.6 is 0 Å². The van der Waals surface area contributed by atoms with E-state index in [2.05, 4.69) is 9.97 Å². The molecule has 0 saturated heterocycles. The van der Waals surface area contributed by atoms with Crippen LogP contribution in [0.1, 0.15) is 5.82 Å². The van der Waals surface area contributed by atoms with Gasteiger partial charge in [-0.1, -0.05) is 6.07 Å². The Kier molecular flexibility index (Phi) is 1.90. The second-order valence-electron chi connectivity index (χ2n) is 2.97. The molecule has 0 spiro atoms. The zero-order valence-electron chi connectivity index (χ0n) is 7.25. The van der Waals surface area contributed by atoms with Gasteiger partial charge in [0.05, 0.1) is 11.2 Å². The molecular formula is C9H12N4. The number of H-pyrrole nitrogens is 1. The highest BCUT2D eigenvalue weighted by Gasteiger charge is 2.03. The smallest absolute Gasteiger partial charge is 0.111 e. The van der Waals surface area contributed by atoms with Crippen LogP contribution in [0.2, 0.25) is 0 Å². The van der Waals surface area contributed by atoms with E-state index in [-0.39, 0.29) is 0 Å². The molecule has 0 atom stereocenters. The van der Waals surface area contributed by atoms with E-state index in [0.29, 0.717) is 12.2 Å².